The second-order valence-electron chi connectivity index (χ2n) is 8.18. The molecule has 0 amide bonds. The molecule has 2 aromatic carbocycles. The van der Waals surface area contributed by atoms with Crippen LogP contribution in [0.3, 0.4) is 0 Å². The lowest BCUT2D eigenvalue weighted by molar-refractivity contribution is -0.849. The number of methoxy groups -OCH3 is 2. The van der Waals surface area contributed by atoms with E-state index in [1.807, 2.05) is 50.2 Å². The van der Waals surface area contributed by atoms with Gasteiger partial charge >= 0.3 is 7.32 Å². The predicted octanol–water partition coefficient (Wildman–Crippen LogP) is 2.72. The highest BCUT2D eigenvalue weighted by atomic mass is 16.7. The summed E-state index contributed by atoms with van der Waals surface area (Å²) in [7, 11) is 10.2. The summed E-state index contributed by atoms with van der Waals surface area (Å²) in [5.74, 6) is 1.56. The minimum absolute atomic E-state index is 0.200. The number of aryl methyl sites for hydroxylation is 2. The molecule has 160 valence electrons. The number of hydrogen-bond acceptors (Lipinski definition) is 5. The largest absolute Gasteiger partial charge is 0.832 e. The van der Waals surface area contributed by atoms with Gasteiger partial charge in [0.2, 0.25) is 0 Å². The summed E-state index contributed by atoms with van der Waals surface area (Å²) in [5, 5.41) is 11.8. The van der Waals surface area contributed by atoms with Crippen LogP contribution < -0.4 is 14.5 Å². The quantitative estimate of drug-likeness (QED) is 0.501. The standard InChI is InChI=1S/C18H22BO5.C4H12N/c1-13-9-17(21-3)7-5-15(13)11-23-19(20)24-12-16-6-8-18(22-4)10-14(16)2;1-5(2,3)4/h5-10H,11-12H2,1-4H3;1-4H3/q-1;+1. The molecule has 0 bridgehead atoms. The van der Waals surface area contributed by atoms with E-state index in [9.17, 15) is 5.02 Å². The van der Waals surface area contributed by atoms with E-state index < -0.39 is 7.32 Å². The van der Waals surface area contributed by atoms with Gasteiger partial charge in [0.25, 0.3) is 0 Å². The molecule has 0 saturated carbocycles. The summed E-state index contributed by atoms with van der Waals surface area (Å²) in [4.78, 5) is 0. The van der Waals surface area contributed by atoms with Gasteiger partial charge in [-0.2, -0.15) is 0 Å². The number of quaternary nitrogens is 1. The smallest absolute Gasteiger partial charge is 0.345 e. The van der Waals surface area contributed by atoms with E-state index in [1.54, 1.807) is 14.2 Å². The minimum atomic E-state index is -1.53. The van der Waals surface area contributed by atoms with E-state index in [-0.39, 0.29) is 13.2 Å². The Hall–Kier alpha value is -2.06. The first kappa shape index (κ1) is 25.0. The molecule has 0 spiro atoms. The van der Waals surface area contributed by atoms with Crippen LogP contribution in [-0.2, 0) is 22.5 Å². The number of benzene rings is 2. The van der Waals surface area contributed by atoms with Crippen molar-refractivity contribution in [1.82, 2.24) is 0 Å². The monoisotopic (exact) mass is 403 g/mol. The Bertz CT molecular complexity index is 698. The first-order chi connectivity index (χ1) is 13.5. The average molecular weight is 403 g/mol. The second kappa shape index (κ2) is 11.8. The molecule has 0 radical (unpaired) electrons. The van der Waals surface area contributed by atoms with Crippen LogP contribution in [0.2, 0.25) is 0 Å². The summed E-state index contributed by atoms with van der Waals surface area (Å²) < 4.78 is 21.8. The highest BCUT2D eigenvalue weighted by Gasteiger charge is 2.07. The number of nitrogens with zero attached hydrogens (tertiary/aromatic N) is 1. The molecule has 0 N–H and O–H groups in total. The molecule has 0 saturated heterocycles. The Labute approximate surface area is 175 Å². The summed E-state index contributed by atoms with van der Waals surface area (Å²) in [6, 6.07) is 11.3. The molecule has 2 aromatic rings. The topological polar surface area (TPSA) is 60.0 Å². The fourth-order valence-electron chi connectivity index (χ4n) is 2.28. The van der Waals surface area contributed by atoms with Crippen molar-refractivity contribution >= 4 is 7.32 Å². The van der Waals surface area contributed by atoms with E-state index in [4.69, 9.17) is 18.8 Å². The molecular weight excluding hydrogens is 369 g/mol. The molecule has 0 unspecified atom stereocenters. The van der Waals surface area contributed by atoms with E-state index >= 15 is 0 Å². The predicted molar refractivity (Wildman–Crippen MR) is 115 cm³/mol. The maximum atomic E-state index is 11.8. The van der Waals surface area contributed by atoms with Gasteiger partial charge in [0.1, 0.15) is 11.5 Å². The third kappa shape index (κ3) is 10.3. The summed E-state index contributed by atoms with van der Waals surface area (Å²) in [6.45, 7) is 4.29. The van der Waals surface area contributed by atoms with Crippen LogP contribution in [0.5, 0.6) is 11.5 Å². The first-order valence-corrected chi connectivity index (χ1v) is 9.48. The van der Waals surface area contributed by atoms with Crippen LogP contribution in [0.15, 0.2) is 36.4 Å². The number of ether oxygens (including phenoxy) is 2. The van der Waals surface area contributed by atoms with Crippen molar-refractivity contribution in [3.63, 3.8) is 0 Å². The molecular formula is C22H34BNO5. The second-order valence-corrected chi connectivity index (χ2v) is 8.18. The Balaban J connectivity index is 0.000000749. The lowest BCUT2D eigenvalue weighted by Gasteiger charge is -2.21. The molecule has 0 fully saturated rings. The summed E-state index contributed by atoms with van der Waals surface area (Å²) >= 11 is 0. The third-order valence-corrected chi connectivity index (χ3v) is 3.85. The minimum Gasteiger partial charge on any atom is -0.832 e. The van der Waals surface area contributed by atoms with Gasteiger partial charge < -0.3 is 28.3 Å². The zero-order valence-electron chi connectivity index (χ0n) is 18.9. The fourth-order valence-corrected chi connectivity index (χ4v) is 2.28. The highest BCUT2D eigenvalue weighted by molar-refractivity contribution is 6.32. The summed E-state index contributed by atoms with van der Waals surface area (Å²) in [6.07, 6.45) is 0. The molecule has 2 rings (SSSR count). The average Bonchev–Trinajstić information content (AvgIpc) is 2.64. The molecule has 0 aromatic heterocycles. The van der Waals surface area contributed by atoms with Crippen molar-refractivity contribution in [2.45, 2.75) is 27.1 Å². The van der Waals surface area contributed by atoms with Gasteiger partial charge in [-0.05, 0) is 60.4 Å². The molecule has 0 heterocycles. The van der Waals surface area contributed by atoms with E-state index in [1.165, 1.54) is 0 Å². The van der Waals surface area contributed by atoms with Crippen LogP contribution in [0.1, 0.15) is 22.3 Å². The first-order valence-electron chi connectivity index (χ1n) is 9.48. The van der Waals surface area contributed by atoms with Crippen LogP contribution in [0, 0.1) is 13.8 Å². The van der Waals surface area contributed by atoms with Gasteiger partial charge in [0.15, 0.2) is 0 Å². The SMILES string of the molecule is COc1ccc(COB([O-])OCc2ccc(OC)cc2C)c(C)c1.C[N+](C)(C)C. The van der Waals surface area contributed by atoms with Crippen LogP contribution in [-0.4, -0.2) is 54.2 Å². The fraction of sp³-hybridized carbons (Fsp3) is 0.455. The Morgan fingerprint density at radius 3 is 1.38 bits per heavy atom. The maximum Gasteiger partial charge on any atom is 0.345 e. The molecule has 0 aliphatic carbocycles. The van der Waals surface area contributed by atoms with Crippen molar-refractivity contribution in [3.05, 3.63) is 58.7 Å². The number of rotatable bonds is 8. The van der Waals surface area contributed by atoms with Crippen molar-refractivity contribution in [1.29, 1.82) is 0 Å². The Morgan fingerprint density at radius 1 is 0.759 bits per heavy atom. The Morgan fingerprint density at radius 2 is 1.10 bits per heavy atom. The van der Waals surface area contributed by atoms with Crippen molar-refractivity contribution < 1.29 is 28.3 Å². The lowest BCUT2D eigenvalue weighted by atomic mass is 10.1. The molecule has 29 heavy (non-hydrogen) atoms. The molecule has 7 heteroatoms. The molecule has 6 nitrogen and oxygen atoms in total. The van der Waals surface area contributed by atoms with Gasteiger partial charge in [-0.1, -0.05) is 12.1 Å². The van der Waals surface area contributed by atoms with E-state index in [0.717, 1.165) is 38.2 Å². The van der Waals surface area contributed by atoms with Gasteiger partial charge in [0, 0.05) is 0 Å². The van der Waals surface area contributed by atoms with Gasteiger partial charge in [-0.3, -0.25) is 0 Å². The Kier molecular flexibility index (Phi) is 10.2. The molecule has 0 atom stereocenters. The third-order valence-electron chi connectivity index (χ3n) is 3.85. The normalized spacial score (nSPS) is 10.8. The highest BCUT2D eigenvalue weighted by Crippen LogP contribution is 2.19. The van der Waals surface area contributed by atoms with Crippen LogP contribution in [0.25, 0.3) is 0 Å². The molecule has 0 aliphatic rings. The van der Waals surface area contributed by atoms with Crippen LogP contribution >= 0.6 is 0 Å². The van der Waals surface area contributed by atoms with Gasteiger partial charge in [0.05, 0.1) is 55.6 Å². The zero-order chi connectivity index (χ0) is 22.0. The van der Waals surface area contributed by atoms with Crippen molar-refractivity contribution in [2.75, 3.05) is 42.4 Å². The van der Waals surface area contributed by atoms with Gasteiger partial charge in [-0.25, -0.2) is 0 Å². The van der Waals surface area contributed by atoms with Crippen LogP contribution in [0.4, 0.5) is 0 Å². The zero-order valence-corrected chi connectivity index (χ0v) is 18.9. The lowest BCUT2D eigenvalue weighted by Crippen LogP contribution is -2.37. The van der Waals surface area contributed by atoms with Gasteiger partial charge in [-0.15, -0.1) is 0 Å². The summed E-state index contributed by atoms with van der Waals surface area (Å²) in [5.41, 5.74) is 3.88. The maximum absolute atomic E-state index is 11.8. The van der Waals surface area contributed by atoms with E-state index in [2.05, 4.69) is 28.2 Å². The van der Waals surface area contributed by atoms with Crippen molar-refractivity contribution in [2.24, 2.45) is 0 Å². The van der Waals surface area contributed by atoms with E-state index in [0.29, 0.717) is 0 Å². The van der Waals surface area contributed by atoms with Crippen molar-refractivity contribution in [3.8, 4) is 11.5 Å². The molecule has 0 aliphatic heterocycles. The number of hydrogen-bond donors (Lipinski definition) is 0.